The van der Waals surface area contributed by atoms with Gasteiger partial charge >= 0.3 is 6.09 Å². The van der Waals surface area contributed by atoms with E-state index in [0.29, 0.717) is 5.56 Å². The molecule has 6 nitrogen and oxygen atoms in total. The lowest BCUT2D eigenvalue weighted by Gasteiger charge is -2.10. The van der Waals surface area contributed by atoms with Crippen molar-refractivity contribution in [1.82, 2.24) is 5.32 Å². The number of hydrogen-bond acceptors (Lipinski definition) is 4. The zero-order valence-corrected chi connectivity index (χ0v) is 10.7. The van der Waals surface area contributed by atoms with E-state index in [9.17, 15) is 13.2 Å². The van der Waals surface area contributed by atoms with Crippen LogP contribution >= 0.6 is 0 Å². The van der Waals surface area contributed by atoms with E-state index >= 15 is 0 Å². The molecular weight excluding hydrogens is 258 g/mol. The molecule has 0 atom stereocenters. The molecule has 0 radical (unpaired) electrons. The monoisotopic (exact) mass is 273 g/mol. The number of benzene rings is 1. The zero-order chi connectivity index (χ0) is 13.6. The number of nitrogens with one attached hydrogen (secondary N) is 1. The van der Waals surface area contributed by atoms with Gasteiger partial charge in [0, 0.05) is 13.7 Å². The van der Waals surface area contributed by atoms with E-state index < -0.39 is 15.9 Å². The minimum Gasteiger partial charge on any atom is -0.465 e. The first-order chi connectivity index (χ1) is 8.47. The average molecular weight is 273 g/mol. The van der Waals surface area contributed by atoms with Crippen molar-refractivity contribution in [1.29, 1.82) is 0 Å². The van der Waals surface area contributed by atoms with Gasteiger partial charge in [0.2, 0.25) is 0 Å². The summed E-state index contributed by atoms with van der Waals surface area (Å²) in [5.74, 6) is -0.131. The van der Waals surface area contributed by atoms with Gasteiger partial charge in [-0.2, -0.15) is 0 Å². The number of amides is 1. The molecule has 0 heterocycles. The Kier molecular flexibility index (Phi) is 5.11. The van der Waals surface area contributed by atoms with Crippen LogP contribution in [0, 0.1) is 0 Å². The van der Waals surface area contributed by atoms with Crippen molar-refractivity contribution in [3.63, 3.8) is 0 Å². The Balaban J connectivity index is 2.97. The third kappa shape index (κ3) is 4.01. The van der Waals surface area contributed by atoms with E-state index in [4.69, 9.17) is 9.84 Å². The van der Waals surface area contributed by atoms with Crippen LogP contribution in [0.15, 0.2) is 29.2 Å². The van der Waals surface area contributed by atoms with Gasteiger partial charge in [-0.05, 0) is 11.6 Å². The summed E-state index contributed by atoms with van der Waals surface area (Å²) in [4.78, 5) is 10.6. The third-order valence-corrected chi connectivity index (χ3v) is 4.07. The molecule has 0 saturated heterocycles. The number of methoxy groups -OCH3 is 1. The Hall–Kier alpha value is -1.60. The van der Waals surface area contributed by atoms with Crippen LogP contribution in [0.2, 0.25) is 0 Å². The number of ether oxygens (including phenoxy) is 1. The molecule has 7 heteroatoms. The van der Waals surface area contributed by atoms with Crippen molar-refractivity contribution < 1.29 is 23.1 Å². The van der Waals surface area contributed by atoms with Crippen LogP contribution in [0.5, 0.6) is 0 Å². The van der Waals surface area contributed by atoms with Gasteiger partial charge in [-0.1, -0.05) is 18.2 Å². The van der Waals surface area contributed by atoms with Crippen molar-refractivity contribution in [2.45, 2.75) is 11.4 Å². The summed E-state index contributed by atoms with van der Waals surface area (Å²) in [6, 6.07) is 6.30. The summed E-state index contributed by atoms with van der Waals surface area (Å²) >= 11 is 0. The smallest absolute Gasteiger partial charge is 0.404 e. The predicted octanol–water partition coefficient (Wildman–Crippen LogP) is 0.874. The number of sulfone groups is 1. The lowest BCUT2D eigenvalue weighted by atomic mass is 10.2. The summed E-state index contributed by atoms with van der Waals surface area (Å²) in [7, 11) is -2.03. The predicted molar refractivity (Wildman–Crippen MR) is 65.2 cm³/mol. The van der Waals surface area contributed by atoms with Crippen molar-refractivity contribution in [2.75, 3.05) is 19.5 Å². The number of carbonyl (C=O) groups is 1. The van der Waals surface area contributed by atoms with Gasteiger partial charge in [0.1, 0.15) is 0 Å². The number of carboxylic acid groups (broad SMARTS) is 1. The van der Waals surface area contributed by atoms with Crippen LogP contribution in [0.1, 0.15) is 5.56 Å². The molecule has 1 aromatic rings. The highest BCUT2D eigenvalue weighted by molar-refractivity contribution is 7.91. The van der Waals surface area contributed by atoms with Gasteiger partial charge < -0.3 is 15.2 Å². The maximum absolute atomic E-state index is 12.0. The summed E-state index contributed by atoms with van der Waals surface area (Å²) in [5, 5.41) is 10.7. The molecule has 18 heavy (non-hydrogen) atoms. The van der Waals surface area contributed by atoms with E-state index in [2.05, 4.69) is 5.32 Å². The largest absolute Gasteiger partial charge is 0.465 e. The van der Waals surface area contributed by atoms with Gasteiger partial charge in [-0.3, -0.25) is 0 Å². The first-order valence-electron chi connectivity index (χ1n) is 5.24. The minimum absolute atomic E-state index is 0.0439. The summed E-state index contributed by atoms with van der Waals surface area (Å²) in [6.45, 7) is 0.0563. The average Bonchev–Trinajstić information content (AvgIpc) is 2.34. The van der Waals surface area contributed by atoms with Crippen molar-refractivity contribution >= 4 is 15.9 Å². The van der Waals surface area contributed by atoms with Crippen LogP contribution in [0.25, 0.3) is 0 Å². The van der Waals surface area contributed by atoms with Gasteiger partial charge in [-0.15, -0.1) is 0 Å². The van der Waals surface area contributed by atoms with Crippen LogP contribution in [0.3, 0.4) is 0 Å². The first-order valence-corrected chi connectivity index (χ1v) is 6.89. The third-order valence-electron chi connectivity index (χ3n) is 2.29. The molecular formula is C11H15NO5S. The van der Waals surface area contributed by atoms with E-state index in [1.807, 2.05) is 0 Å². The lowest BCUT2D eigenvalue weighted by Crippen LogP contribution is -2.22. The van der Waals surface area contributed by atoms with E-state index in [1.54, 1.807) is 18.2 Å². The standard InChI is InChI=1S/C11H15NO5S/c1-17-6-7-18(15,16)10-5-3-2-4-9(10)8-12-11(13)14/h2-5,12H,6-8H2,1H3,(H,13,14). The molecule has 100 valence electrons. The Morgan fingerprint density at radius 3 is 2.67 bits per heavy atom. The SMILES string of the molecule is COCCS(=O)(=O)c1ccccc1CNC(=O)O. The second-order valence-electron chi connectivity index (χ2n) is 3.58. The Morgan fingerprint density at radius 2 is 2.06 bits per heavy atom. The molecule has 0 spiro atoms. The summed E-state index contributed by atoms with van der Waals surface area (Å²) in [6.07, 6.45) is -1.20. The van der Waals surface area contributed by atoms with Gasteiger partial charge in [0.05, 0.1) is 17.3 Å². The molecule has 1 aromatic carbocycles. The number of hydrogen-bond donors (Lipinski definition) is 2. The molecule has 0 aliphatic carbocycles. The van der Waals surface area contributed by atoms with Crippen molar-refractivity contribution in [3.8, 4) is 0 Å². The molecule has 0 aliphatic rings. The Morgan fingerprint density at radius 1 is 1.39 bits per heavy atom. The molecule has 0 saturated carbocycles. The van der Waals surface area contributed by atoms with Gasteiger partial charge in [-0.25, -0.2) is 13.2 Å². The van der Waals surface area contributed by atoms with Crippen molar-refractivity contribution in [2.24, 2.45) is 0 Å². The van der Waals surface area contributed by atoms with E-state index in [1.165, 1.54) is 13.2 Å². The molecule has 2 N–H and O–H groups in total. The Labute approximate surface area is 106 Å². The quantitative estimate of drug-likeness (QED) is 0.802. The Bertz CT molecular complexity index is 512. The highest BCUT2D eigenvalue weighted by atomic mass is 32.2. The highest BCUT2D eigenvalue weighted by Crippen LogP contribution is 2.16. The fourth-order valence-corrected chi connectivity index (χ4v) is 2.86. The fraction of sp³-hybridized carbons (Fsp3) is 0.364. The summed E-state index contributed by atoms with van der Waals surface area (Å²) in [5.41, 5.74) is 0.427. The van der Waals surface area contributed by atoms with Crippen LogP contribution in [-0.4, -0.2) is 39.1 Å². The van der Waals surface area contributed by atoms with E-state index in [0.717, 1.165) is 0 Å². The zero-order valence-electron chi connectivity index (χ0n) is 9.92. The molecule has 0 fully saturated rings. The van der Waals surface area contributed by atoms with E-state index in [-0.39, 0.29) is 23.8 Å². The van der Waals surface area contributed by atoms with Gasteiger partial charge in [0.15, 0.2) is 9.84 Å². The van der Waals surface area contributed by atoms with Gasteiger partial charge in [0.25, 0.3) is 0 Å². The summed E-state index contributed by atoms with van der Waals surface area (Å²) < 4.78 is 28.8. The molecule has 0 aliphatic heterocycles. The minimum atomic E-state index is -3.46. The maximum Gasteiger partial charge on any atom is 0.404 e. The molecule has 0 bridgehead atoms. The second kappa shape index (κ2) is 6.36. The highest BCUT2D eigenvalue weighted by Gasteiger charge is 2.18. The fourth-order valence-electron chi connectivity index (χ4n) is 1.43. The second-order valence-corrected chi connectivity index (χ2v) is 5.66. The normalized spacial score (nSPS) is 11.2. The topological polar surface area (TPSA) is 92.7 Å². The van der Waals surface area contributed by atoms with Crippen molar-refractivity contribution in [3.05, 3.63) is 29.8 Å². The first kappa shape index (κ1) is 14.5. The molecule has 0 unspecified atom stereocenters. The number of rotatable bonds is 6. The lowest BCUT2D eigenvalue weighted by molar-refractivity contribution is 0.194. The van der Waals surface area contributed by atoms with Crippen LogP contribution < -0.4 is 5.32 Å². The van der Waals surface area contributed by atoms with Crippen LogP contribution in [-0.2, 0) is 21.1 Å². The maximum atomic E-state index is 12.0. The molecule has 1 amide bonds. The molecule has 0 aromatic heterocycles. The molecule has 1 rings (SSSR count). The van der Waals surface area contributed by atoms with Crippen LogP contribution in [0.4, 0.5) is 4.79 Å².